The fourth-order valence-corrected chi connectivity index (χ4v) is 2.96. The van der Waals surface area contributed by atoms with Gasteiger partial charge in [-0.15, -0.1) is 0 Å². The van der Waals surface area contributed by atoms with E-state index in [0.29, 0.717) is 6.04 Å². The lowest BCUT2D eigenvalue weighted by Gasteiger charge is -2.42. The molecular weight excluding hydrogens is 188 g/mol. The van der Waals surface area contributed by atoms with Crippen molar-refractivity contribution in [2.75, 3.05) is 19.7 Å². The number of rotatable bonds is 1. The quantitative estimate of drug-likeness (QED) is 0.710. The SMILES string of the molecule is CC(C)N1CCC2(CC1)CO[C@@H](C)[C@H]2N. The minimum absolute atomic E-state index is 0.242. The number of hydrogen-bond donors (Lipinski definition) is 1. The van der Waals surface area contributed by atoms with E-state index < -0.39 is 0 Å². The number of piperidine rings is 1. The number of likely N-dealkylation sites (tertiary alicyclic amines) is 1. The van der Waals surface area contributed by atoms with Crippen LogP contribution in [0, 0.1) is 5.41 Å². The molecule has 2 rings (SSSR count). The van der Waals surface area contributed by atoms with Gasteiger partial charge in [-0.05, 0) is 46.7 Å². The molecular formula is C12H24N2O. The minimum atomic E-state index is 0.242. The Morgan fingerprint density at radius 2 is 1.93 bits per heavy atom. The molecule has 3 nitrogen and oxygen atoms in total. The number of nitrogens with zero attached hydrogens (tertiary/aromatic N) is 1. The lowest BCUT2D eigenvalue weighted by molar-refractivity contribution is 0.0566. The third kappa shape index (κ3) is 1.93. The zero-order chi connectivity index (χ0) is 11.1. The van der Waals surface area contributed by atoms with Crippen LogP contribution in [0.4, 0.5) is 0 Å². The molecule has 0 saturated carbocycles. The van der Waals surface area contributed by atoms with Crippen molar-refractivity contribution >= 4 is 0 Å². The van der Waals surface area contributed by atoms with Crippen molar-refractivity contribution in [1.29, 1.82) is 0 Å². The molecule has 2 heterocycles. The van der Waals surface area contributed by atoms with Crippen molar-refractivity contribution in [3.05, 3.63) is 0 Å². The smallest absolute Gasteiger partial charge is 0.0704 e. The molecule has 2 aliphatic rings. The molecule has 1 spiro atoms. The van der Waals surface area contributed by atoms with Crippen LogP contribution in [-0.2, 0) is 4.74 Å². The molecule has 15 heavy (non-hydrogen) atoms. The third-order valence-corrected chi connectivity index (χ3v) is 4.37. The molecule has 2 N–H and O–H groups in total. The Morgan fingerprint density at radius 3 is 2.33 bits per heavy atom. The fraction of sp³-hybridized carbons (Fsp3) is 1.00. The molecule has 0 bridgehead atoms. The zero-order valence-electron chi connectivity index (χ0n) is 10.2. The summed E-state index contributed by atoms with van der Waals surface area (Å²) in [5.41, 5.74) is 6.55. The maximum atomic E-state index is 6.27. The van der Waals surface area contributed by atoms with Gasteiger partial charge in [0, 0.05) is 17.5 Å². The van der Waals surface area contributed by atoms with Crippen LogP contribution in [-0.4, -0.2) is 42.8 Å². The summed E-state index contributed by atoms with van der Waals surface area (Å²) in [7, 11) is 0. The molecule has 3 heteroatoms. The van der Waals surface area contributed by atoms with Gasteiger partial charge in [-0.1, -0.05) is 0 Å². The summed E-state index contributed by atoms with van der Waals surface area (Å²) in [4.78, 5) is 2.54. The highest BCUT2D eigenvalue weighted by Gasteiger charge is 2.47. The molecule has 0 amide bonds. The van der Waals surface area contributed by atoms with Crippen LogP contribution in [0.15, 0.2) is 0 Å². The normalized spacial score (nSPS) is 36.6. The van der Waals surface area contributed by atoms with Gasteiger partial charge in [0.2, 0.25) is 0 Å². The van der Waals surface area contributed by atoms with E-state index in [1.165, 1.54) is 25.9 Å². The average Bonchev–Trinajstić information content (AvgIpc) is 2.48. The van der Waals surface area contributed by atoms with Gasteiger partial charge in [-0.25, -0.2) is 0 Å². The van der Waals surface area contributed by atoms with Gasteiger partial charge >= 0.3 is 0 Å². The van der Waals surface area contributed by atoms with Gasteiger partial charge in [0.25, 0.3) is 0 Å². The molecule has 0 unspecified atom stereocenters. The highest BCUT2D eigenvalue weighted by atomic mass is 16.5. The Balaban J connectivity index is 1.98. The molecule has 0 aromatic rings. The summed E-state index contributed by atoms with van der Waals surface area (Å²) in [5, 5.41) is 0. The predicted octanol–water partition coefficient (Wildman–Crippen LogP) is 1.22. The topological polar surface area (TPSA) is 38.5 Å². The van der Waals surface area contributed by atoms with Gasteiger partial charge in [0.1, 0.15) is 0 Å². The van der Waals surface area contributed by atoms with Gasteiger partial charge in [-0.2, -0.15) is 0 Å². The van der Waals surface area contributed by atoms with Crippen molar-refractivity contribution in [2.45, 2.75) is 51.8 Å². The fourth-order valence-electron chi connectivity index (χ4n) is 2.96. The Morgan fingerprint density at radius 1 is 1.33 bits per heavy atom. The van der Waals surface area contributed by atoms with Crippen LogP contribution >= 0.6 is 0 Å². The molecule has 2 fully saturated rings. The highest BCUT2D eigenvalue weighted by Crippen LogP contribution is 2.41. The van der Waals surface area contributed by atoms with E-state index in [1.807, 2.05) is 0 Å². The summed E-state index contributed by atoms with van der Waals surface area (Å²) >= 11 is 0. The van der Waals surface area contributed by atoms with E-state index >= 15 is 0 Å². The van der Waals surface area contributed by atoms with E-state index in [4.69, 9.17) is 10.5 Å². The lowest BCUT2D eigenvalue weighted by Crippen LogP contribution is -2.51. The molecule has 0 aromatic carbocycles. The van der Waals surface area contributed by atoms with E-state index in [-0.39, 0.29) is 17.6 Å². The molecule has 2 saturated heterocycles. The Kier molecular flexibility index (Phi) is 3.06. The van der Waals surface area contributed by atoms with Crippen molar-refractivity contribution in [3.8, 4) is 0 Å². The summed E-state index contributed by atoms with van der Waals surface area (Å²) in [6, 6.07) is 0.908. The molecule has 0 aromatic heterocycles. The van der Waals surface area contributed by atoms with E-state index in [2.05, 4.69) is 25.7 Å². The summed E-state index contributed by atoms with van der Waals surface area (Å²) in [6.07, 6.45) is 2.66. The van der Waals surface area contributed by atoms with E-state index in [0.717, 1.165) is 6.61 Å². The first-order chi connectivity index (χ1) is 7.05. The van der Waals surface area contributed by atoms with Gasteiger partial charge < -0.3 is 15.4 Å². The van der Waals surface area contributed by atoms with Gasteiger partial charge in [0.15, 0.2) is 0 Å². The summed E-state index contributed by atoms with van der Waals surface area (Å²) in [5.74, 6) is 0. The van der Waals surface area contributed by atoms with Crippen LogP contribution < -0.4 is 5.73 Å². The standard InChI is InChI=1S/C12H24N2O/c1-9(2)14-6-4-12(5-7-14)8-15-10(3)11(12)13/h9-11H,4-8,13H2,1-3H3/t10-,11+/m0/s1. The zero-order valence-corrected chi connectivity index (χ0v) is 10.2. The van der Waals surface area contributed by atoms with Crippen molar-refractivity contribution < 1.29 is 4.74 Å². The van der Waals surface area contributed by atoms with E-state index in [1.54, 1.807) is 0 Å². The van der Waals surface area contributed by atoms with Crippen LogP contribution in [0.1, 0.15) is 33.6 Å². The first kappa shape index (κ1) is 11.4. The van der Waals surface area contributed by atoms with Gasteiger partial charge in [0.05, 0.1) is 12.7 Å². The number of nitrogens with two attached hydrogens (primary N) is 1. The Hall–Kier alpha value is -0.120. The maximum Gasteiger partial charge on any atom is 0.0704 e. The predicted molar refractivity (Wildman–Crippen MR) is 61.8 cm³/mol. The Bertz CT molecular complexity index is 222. The summed E-state index contributed by atoms with van der Waals surface area (Å²) in [6.45, 7) is 9.88. The van der Waals surface area contributed by atoms with Crippen LogP contribution in [0.2, 0.25) is 0 Å². The Labute approximate surface area is 93.0 Å². The lowest BCUT2D eigenvalue weighted by atomic mass is 9.73. The minimum Gasteiger partial charge on any atom is -0.376 e. The molecule has 2 atom stereocenters. The summed E-state index contributed by atoms with van der Waals surface area (Å²) < 4.78 is 5.71. The second-order valence-electron chi connectivity index (χ2n) is 5.53. The largest absolute Gasteiger partial charge is 0.376 e. The van der Waals surface area contributed by atoms with Crippen molar-refractivity contribution in [2.24, 2.45) is 11.1 Å². The number of hydrogen-bond acceptors (Lipinski definition) is 3. The molecule has 88 valence electrons. The van der Waals surface area contributed by atoms with Crippen LogP contribution in [0.3, 0.4) is 0 Å². The monoisotopic (exact) mass is 212 g/mol. The first-order valence-corrected chi connectivity index (χ1v) is 6.16. The van der Waals surface area contributed by atoms with Crippen LogP contribution in [0.5, 0.6) is 0 Å². The highest BCUT2D eigenvalue weighted by molar-refractivity contribution is 5.00. The second kappa shape index (κ2) is 4.04. The van der Waals surface area contributed by atoms with Gasteiger partial charge in [-0.3, -0.25) is 0 Å². The number of ether oxygens (including phenoxy) is 1. The maximum absolute atomic E-state index is 6.27. The first-order valence-electron chi connectivity index (χ1n) is 6.16. The average molecular weight is 212 g/mol. The molecule has 2 aliphatic heterocycles. The molecule has 0 aliphatic carbocycles. The molecule has 0 radical (unpaired) electrons. The van der Waals surface area contributed by atoms with E-state index in [9.17, 15) is 0 Å². The second-order valence-corrected chi connectivity index (χ2v) is 5.53. The third-order valence-electron chi connectivity index (χ3n) is 4.37. The van der Waals surface area contributed by atoms with Crippen LogP contribution in [0.25, 0.3) is 0 Å². The van der Waals surface area contributed by atoms with Crippen molar-refractivity contribution in [3.63, 3.8) is 0 Å². The van der Waals surface area contributed by atoms with Crippen molar-refractivity contribution in [1.82, 2.24) is 4.90 Å².